The number of rotatable bonds is 5. The molecule has 0 aliphatic heterocycles. The maximum Gasteiger partial charge on any atom is 0.363 e. The molecule has 0 aliphatic rings. The first-order chi connectivity index (χ1) is 10.0. The number of aromatic nitrogens is 3. The predicted molar refractivity (Wildman–Crippen MR) is 72.4 cm³/mol. The summed E-state index contributed by atoms with van der Waals surface area (Å²) in [5.74, 6) is -0.454. The summed E-state index contributed by atoms with van der Waals surface area (Å²) in [5.41, 5.74) is -0.521. The number of methoxy groups -OCH3 is 2. The lowest BCUT2D eigenvalue weighted by Crippen LogP contribution is -2.14. The normalized spacial score (nSPS) is 10.0. The summed E-state index contributed by atoms with van der Waals surface area (Å²) in [5, 5.41) is 17.6. The van der Waals surface area contributed by atoms with Crippen molar-refractivity contribution in [2.24, 2.45) is 0 Å². The van der Waals surface area contributed by atoms with Crippen LogP contribution in [-0.2, 0) is 0 Å². The van der Waals surface area contributed by atoms with Crippen LogP contribution in [0.3, 0.4) is 0 Å². The SMILES string of the molecule is COc1cc(Nc2cn[nH]c(=O)n2)c(C(=O)O)cc1OC. The molecule has 0 bridgehead atoms. The van der Waals surface area contributed by atoms with Crippen LogP contribution in [0, 0.1) is 0 Å². The predicted octanol–water partition coefficient (Wildman–Crippen LogP) is 0.624. The molecule has 0 amide bonds. The van der Waals surface area contributed by atoms with E-state index in [1.54, 1.807) is 0 Å². The van der Waals surface area contributed by atoms with Gasteiger partial charge < -0.3 is 19.9 Å². The highest BCUT2D eigenvalue weighted by Crippen LogP contribution is 2.34. The van der Waals surface area contributed by atoms with Crippen molar-refractivity contribution in [3.05, 3.63) is 34.4 Å². The van der Waals surface area contributed by atoms with Crippen LogP contribution in [0.2, 0.25) is 0 Å². The first-order valence-electron chi connectivity index (χ1n) is 5.73. The Hall–Kier alpha value is -3.10. The van der Waals surface area contributed by atoms with E-state index in [1.165, 1.54) is 32.5 Å². The fraction of sp³-hybridized carbons (Fsp3) is 0.167. The van der Waals surface area contributed by atoms with Crippen LogP contribution in [-0.4, -0.2) is 40.5 Å². The second-order valence-electron chi connectivity index (χ2n) is 3.86. The molecule has 9 heteroatoms. The molecule has 1 aromatic heterocycles. The molecule has 0 atom stereocenters. The molecule has 0 fully saturated rings. The Morgan fingerprint density at radius 2 is 1.95 bits per heavy atom. The molecule has 0 aliphatic carbocycles. The van der Waals surface area contributed by atoms with Gasteiger partial charge >= 0.3 is 11.7 Å². The number of nitrogens with one attached hydrogen (secondary N) is 2. The maximum absolute atomic E-state index is 11.3. The van der Waals surface area contributed by atoms with Crippen molar-refractivity contribution in [3.63, 3.8) is 0 Å². The van der Waals surface area contributed by atoms with E-state index in [-0.39, 0.29) is 22.8 Å². The second kappa shape index (κ2) is 5.90. The van der Waals surface area contributed by atoms with Crippen LogP contribution in [0.5, 0.6) is 11.5 Å². The van der Waals surface area contributed by atoms with E-state index in [1.807, 2.05) is 0 Å². The highest BCUT2D eigenvalue weighted by Gasteiger charge is 2.16. The van der Waals surface area contributed by atoms with Gasteiger partial charge in [-0.05, 0) is 0 Å². The smallest absolute Gasteiger partial charge is 0.363 e. The van der Waals surface area contributed by atoms with E-state index >= 15 is 0 Å². The Morgan fingerprint density at radius 3 is 2.52 bits per heavy atom. The molecular formula is C12H12N4O5. The van der Waals surface area contributed by atoms with E-state index in [0.717, 1.165) is 0 Å². The number of ether oxygens (including phenoxy) is 2. The Bertz CT molecular complexity index is 728. The molecule has 21 heavy (non-hydrogen) atoms. The van der Waals surface area contributed by atoms with Gasteiger partial charge in [0.1, 0.15) is 0 Å². The van der Waals surface area contributed by atoms with Gasteiger partial charge in [-0.15, -0.1) is 0 Å². The number of benzene rings is 1. The minimum Gasteiger partial charge on any atom is -0.493 e. The van der Waals surface area contributed by atoms with Gasteiger partial charge in [-0.3, -0.25) is 0 Å². The van der Waals surface area contributed by atoms with Crippen molar-refractivity contribution < 1.29 is 19.4 Å². The summed E-state index contributed by atoms with van der Waals surface area (Å²) in [4.78, 5) is 26.0. The van der Waals surface area contributed by atoms with Crippen LogP contribution in [0.25, 0.3) is 0 Å². The van der Waals surface area contributed by atoms with Gasteiger partial charge in [-0.1, -0.05) is 0 Å². The maximum atomic E-state index is 11.3. The molecular weight excluding hydrogens is 280 g/mol. The number of hydrogen-bond donors (Lipinski definition) is 3. The third-order valence-corrected chi connectivity index (χ3v) is 2.59. The first-order valence-corrected chi connectivity index (χ1v) is 5.73. The molecule has 1 aromatic carbocycles. The average molecular weight is 292 g/mol. The topological polar surface area (TPSA) is 126 Å². The van der Waals surface area contributed by atoms with E-state index < -0.39 is 11.7 Å². The quantitative estimate of drug-likeness (QED) is 0.732. The van der Waals surface area contributed by atoms with Gasteiger partial charge in [0.2, 0.25) is 0 Å². The largest absolute Gasteiger partial charge is 0.493 e. The fourth-order valence-electron chi connectivity index (χ4n) is 1.67. The van der Waals surface area contributed by atoms with Crippen molar-refractivity contribution in [1.29, 1.82) is 0 Å². The molecule has 0 saturated heterocycles. The number of H-pyrrole nitrogens is 1. The monoisotopic (exact) mass is 292 g/mol. The number of nitrogens with zero attached hydrogens (tertiary/aromatic N) is 2. The molecule has 9 nitrogen and oxygen atoms in total. The molecule has 1 heterocycles. The lowest BCUT2D eigenvalue weighted by Gasteiger charge is -2.13. The van der Waals surface area contributed by atoms with Gasteiger partial charge in [0.05, 0.1) is 31.7 Å². The van der Waals surface area contributed by atoms with Crippen molar-refractivity contribution in [2.75, 3.05) is 19.5 Å². The molecule has 0 unspecified atom stereocenters. The van der Waals surface area contributed by atoms with Gasteiger partial charge in [-0.2, -0.15) is 10.1 Å². The zero-order chi connectivity index (χ0) is 15.4. The van der Waals surface area contributed by atoms with Crippen molar-refractivity contribution in [2.45, 2.75) is 0 Å². The Labute approximate surface area is 118 Å². The third-order valence-electron chi connectivity index (χ3n) is 2.59. The molecule has 0 spiro atoms. The minimum atomic E-state index is -1.17. The standard InChI is InChI=1S/C12H12N4O5/c1-20-8-3-6(11(17)18)7(4-9(8)21-2)14-10-5-13-16-12(19)15-10/h3-5H,1-2H3,(H,17,18)(H2,14,15,16,19). The Balaban J connectivity index is 2.50. The summed E-state index contributed by atoms with van der Waals surface area (Å²) >= 11 is 0. The lowest BCUT2D eigenvalue weighted by atomic mass is 10.1. The van der Waals surface area contributed by atoms with Gasteiger partial charge in [0, 0.05) is 12.1 Å². The van der Waals surface area contributed by atoms with Crippen LogP contribution in [0.1, 0.15) is 10.4 Å². The third kappa shape index (κ3) is 3.08. The molecule has 0 radical (unpaired) electrons. The summed E-state index contributed by atoms with van der Waals surface area (Å²) in [7, 11) is 2.83. The van der Waals surface area contributed by atoms with E-state index in [2.05, 4.69) is 20.5 Å². The van der Waals surface area contributed by atoms with Gasteiger partial charge in [0.25, 0.3) is 0 Å². The fourth-order valence-corrected chi connectivity index (χ4v) is 1.67. The van der Waals surface area contributed by atoms with E-state index in [0.29, 0.717) is 5.75 Å². The highest BCUT2D eigenvalue weighted by molar-refractivity contribution is 5.96. The molecule has 3 N–H and O–H groups in total. The van der Waals surface area contributed by atoms with Crippen LogP contribution in [0.4, 0.5) is 11.5 Å². The molecule has 2 rings (SSSR count). The van der Waals surface area contributed by atoms with Crippen molar-refractivity contribution in [3.8, 4) is 11.5 Å². The number of carboxylic acids is 1. The van der Waals surface area contributed by atoms with Crippen molar-refractivity contribution in [1.82, 2.24) is 15.2 Å². The van der Waals surface area contributed by atoms with Gasteiger partial charge in [0.15, 0.2) is 17.3 Å². The summed E-state index contributed by atoms with van der Waals surface area (Å²) in [6, 6.07) is 2.75. The Kier molecular flexibility index (Phi) is 4.02. The average Bonchev–Trinajstić information content (AvgIpc) is 2.46. The van der Waals surface area contributed by atoms with Crippen LogP contribution < -0.4 is 20.5 Å². The highest BCUT2D eigenvalue weighted by atomic mass is 16.5. The lowest BCUT2D eigenvalue weighted by molar-refractivity contribution is 0.0697. The number of carboxylic acid groups (broad SMARTS) is 1. The molecule has 0 saturated carbocycles. The van der Waals surface area contributed by atoms with Gasteiger partial charge in [-0.25, -0.2) is 14.7 Å². The summed E-state index contributed by atoms with van der Waals surface area (Å²) in [6.45, 7) is 0. The number of anilines is 2. The zero-order valence-corrected chi connectivity index (χ0v) is 11.2. The van der Waals surface area contributed by atoms with Crippen LogP contribution >= 0.6 is 0 Å². The van der Waals surface area contributed by atoms with E-state index in [9.17, 15) is 14.7 Å². The zero-order valence-electron chi connectivity index (χ0n) is 11.2. The van der Waals surface area contributed by atoms with Crippen molar-refractivity contribution >= 4 is 17.5 Å². The summed E-state index contributed by atoms with van der Waals surface area (Å²) < 4.78 is 10.2. The second-order valence-corrected chi connectivity index (χ2v) is 3.86. The minimum absolute atomic E-state index is 0.0604. The number of carbonyl (C=O) groups is 1. The first kappa shape index (κ1) is 14.3. The summed E-state index contributed by atoms with van der Waals surface area (Å²) in [6.07, 6.45) is 1.25. The number of aromatic amines is 1. The number of hydrogen-bond acceptors (Lipinski definition) is 7. The van der Waals surface area contributed by atoms with E-state index in [4.69, 9.17) is 9.47 Å². The number of aromatic carboxylic acids is 1. The molecule has 110 valence electrons. The Morgan fingerprint density at radius 1 is 1.29 bits per heavy atom. The van der Waals surface area contributed by atoms with Crippen LogP contribution in [0.15, 0.2) is 23.1 Å². The molecule has 2 aromatic rings.